The van der Waals surface area contributed by atoms with Gasteiger partial charge in [0.25, 0.3) is 0 Å². The molecule has 56 heavy (non-hydrogen) atoms. The molecule has 0 aliphatic heterocycles. The lowest BCUT2D eigenvalue weighted by atomic mass is 10.0. The van der Waals surface area contributed by atoms with Crippen LogP contribution in [0.3, 0.4) is 0 Å². The van der Waals surface area contributed by atoms with E-state index in [2.05, 4.69) is 205 Å². The topological polar surface area (TPSA) is 29.0 Å². The van der Waals surface area contributed by atoms with E-state index in [1.165, 1.54) is 42.4 Å². The molecular weight excluding hydrogens is 699 g/mol. The number of benzene rings is 8. The van der Waals surface area contributed by atoms with E-state index in [4.69, 9.17) is 9.97 Å². The van der Waals surface area contributed by atoms with Crippen molar-refractivity contribution in [3.8, 4) is 56.2 Å². The zero-order chi connectivity index (χ0) is 37.3. The molecule has 0 amide bonds. The second-order valence-corrected chi connectivity index (χ2v) is 14.9. The van der Waals surface area contributed by atoms with Gasteiger partial charge in [-0.1, -0.05) is 164 Å². The summed E-state index contributed by atoms with van der Waals surface area (Å²) in [6.07, 6.45) is 0. The molecule has 0 unspecified atom stereocenters. The predicted molar refractivity (Wildman–Crippen MR) is 237 cm³/mol. The summed E-state index contributed by atoms with van der Waals surface area (Å²) in [6, 6.07) is 75.1. The number of fused-ring (bicyclic) bond motifs is 3. The van der Waals surface area contributed by atoms with Gasteiger partial charge in [-0.25, -0.2) is 9.97 Å². The van der Waals surface area contributed by atoms with Gasteiger partial charge in [0.05, 0.1) is 17.1 Å². The van der Waals surface area contributed by atoms with E-state index in [1.807, 2.05) is 23.5 Å². The van der Waals surface area contributed by atoms with Crippen LogP contribution in [-0.2, 0) is 0 Å². The Morgan fingerprint density at radius 1 is 0.339 bits per heavy atom. The fourth-order valence-corrected chi connectivity index (χ4v) is 8.69. The Balaban J connectivity index is 1.21. The Bertz CT molecular complexity index is 2780. The first-order chi connectivity index (χ1) is 27.7. The van der Waals surface area contributed by atoms with E-state index >= 15 is 0 Å². The third-order valence-electron chi connectivity index (χ3n) is 10.3. The minimum Gasteiger partial charge on any atom is -0.310 e. The zero-order valence-electron chi connectivity index (χ0n) is 30.5. The summed E-state index contributed by atoms with van der Waals surface area (Å²) in [5.41, 5.74) is 12.8. The lowest BCUT2D eigenvalue weighted by molar-refractivity contribution is 1.18. The molecule has 8 aromatic carbocycles. The maximum Gasteiger partial charge on any atom is 0.160 e. The standard InChI is InChI=1S/C52H35N3S/c1-5-15-36(16-6-1)38-25-29-43(30-26-38)55(44-31-27-39(28-32-44)37-17-7-2-8-18-37)48-33-42(34-50-51(48)45-23-13-14-24-49(45)56-50)52-53-46(40-19-9-3-10-20-40)35-47(54-52)41-21-11-4-12-22-41/h1-35H. The Morgan fingerprint density at radius 2 is 0.768 bits per heavy atom. The van der Waals surface area contributed by atoms with Gasteiger partial charge < -0.3 is 4.90 Å². The van der Waals surface area contributed by atoms with Crippen LogP contribution in [0.25, 0.3) is 76.3 Å². The highest BCUT2D eigenvalue weighted by Gasteiger charge is 2.22. The second-order valence-electron chi connectivity index (χ2n) is 13.8. The minimum absolute atomic E-state index is 0.685. The van der Waals surface area contributed by atoms with Crippen LogP contribution in [0.2, 0.25) is 0 Å². The van der Waals surface area contributed by atoms with Crippen molar-refractivity contribution < 1.29 is 0 Å². The fourth-order valence-electron chi connectivity index (χ4n) is 7.52. The Morgan fingerprint density at radius 3 is 1.27 bits per heavy atom. The molecule has 0 N–H and O–H groups in total. The fraction of sp³-hybridized carbons (Fsp3) is 0. The van der Waals surface area contributed by atoms with Crippen molar-refractivity contribution in [2.45, 2.75) is 0 Å². The number of rotatable bonds is 8. The van der Waals surface area contributed by atoms with Crippen molar-refractivity contribution in [2.75, 3.05) is 4.90 Å². The molecule has 0 atom stereocenters. The van der Waals surface area contributed by atoms with Crippen molar-refractivity contribution in [1.29, 1.82) is 0 Å². The quantitative estimate of drug-likeness (QED) is 0.156. The van der Waals surface area contributed by atoms with Crippen LogP contribution in [0, 0.1) is 0 Å². The first kappa shape index (κ1) is 33.4. The van der Waals surface area contributed by atoms with Crippen LogP contribution in [0.15, 0.2) is 212 Å². The number of hydrogen-bond donors (Lipinski definition) is 0. The summed E-state index contributed by atoms with van der Waals surface area (Å²) in [7, 11) is 0. The normalized spacial score (nSPS) is 11.2. The number of anilines is 3. The van der Waals surface area contributed by atoms with Crippen molar-refractivity contribution >= 4 is 48.6 Å². The first-order valence-electron chi connectivity index (χ1n) is 18.8. The molecule has 10 rings (SSSR count). The van der Waals surface area contributed by atoms with E-state index < -0.39 is 0 Å². The average Bonchev–Trinajstić information content (AvgIpc) is 3.67. The van der Waals surface area contributed by atoms with Crippen molar-refractivity contribution in [2.24, 2.45) is 0 Å². The highest BCUT2D eigenvalue weighted by molar-refractivity contribution is 7.26. The molecule has 2 heterocycles. The number of aromatic nitrogens is 2. The molecule has 0 saturated heterocycles. The van der Waals surface area contributed by atoms with Crippen molar-refractivity contribution in [1.82, 2.24) is 9.97 Å². The van der Waals surface area contributed by atoms with E-state index in [-0.39, 0.29) is 0 Å². The van der Waals surface area contributed by atoms with Crippen molar-refractivity contribution in [3.63, 3.8) is 0 Å². The second kappa shape index (κ2) is 14.6. The van der Waals surface area contributed by atoms with Gasteiger partial charge in [0.15, 0.2) is 5.82 Å². The van der Waals surface area contributed by atoms with E-state index in [0.717, 1.165) is 45.1 Å². The van der Waals surface area contributed by atoms with Gasteiger partial charge in [0.2, 0.25) is 0 Å². The Kier molecular flexibility index (Phi) is 8.71. The molecule has 0 spiro atoms. The third-order valence-corrected chi connectivity index (χ3v) is 11.4. The average molecular weight is 734 g/mol. The SMILES string of the molecule is c1ccc(-c2ccc(N(c3ccc(-c4ccccc4)cc3)c3cc(-c4nc(-c5ccccc5)cc(-c5ccccc5)n4)cc4sc5ccccc5c34)cc2)cc1. The van der Waals surface area contributed by atoms with E-state index in [0.29, 0.717) is 5.82 Å². The van der Waals surface area contributed by atoms with Gasteiger partial charge in [-0.15, -0.1) is 11.3 Å². The molecular formula is C52H35N3S. The third kappa shape index (κ3) is 6.42. The Hall–Kier alpha value is -7.14. The van der Waals surface area contributed by atoms with Gasteiger partial charge >= 0.3 is 0 Å². The monoisotopic (exact) mass is 733 g/mol. The molecule has 3 nitrogen and oxygen atoms in total. The van der Waals surface area contributed by atoms with E-state index in [1.54, 1.807) is 0 Å². The van der Waals surface area contributed by atoms with Gasteiger partial charge in [-0.2, -0.15) is 0 Å². The maximum absolute atomic E-state index is 5.27. The molecule has 2 aromatic heterocycles. The van der Waals surface area contributed by atoms with Crippen LogP contribution >= 0.6 is 11.3 Å². The van der Waals surface area contributed by atoms with Crippen LogP contribution in [0.1, 0.15) is 0 Å². The minimum atomic E-state index is 0.685. The van der Waals surface area contributed by atoms with Gasteiger partial charge in [-0.05, 0) is 70.8 Å². The van der Waals surface area contributed by atoms with Gasteiger partial charge in [0, 0.05) is 48.2 Å². The molecule has 0 fully saturated rings. The summed E-state index contributed by atoms with van der Waals surface area (Å²) < 4.78 is 2.42. The van der Waals surface area contributed by atoms with Gasteiger partial charge in [-0.3, -0.25) is 0 Å². The number of hydrogen-bond acceptors (Lipinski definition) is 4. The zero-order valence-corrected chi connectivity index (χ0v) is 31.3. The lowest BCUT2D eigenvalue weighted by Crippen LogP contribution is -2.11. The summed E-state index contributed by atoms with van der Waals surface area (Å²) >= 11 is 1.81. The summed E-state index contributed by atoms with van der Waals surface area (Å²) in [6.45, 7) is 0. The lowest BCUT2D eigenvalue weighted by Gasteiger charge is -2.27. The largest absolute Gasteiger partial charge is 0.310 e. The Labute approximate surface area is 330 Å². The summed E-state index contributed by atoms with van der Waals surface area (Å²) in [5, 5.41) is 2.43. The van der Waals surface area contributed by atoms with Crippen molar-refractivity contribution in [3.05, 3.63) is 212 Å². The molecule has 0 aliphatic rings. The maximum atomic E-state index is 5.27. The van der Waals surface area contributed by atoms with Gasteiger partial charge in [0.1, 0.15) is 0 Å². The summed E-state index contributed by atoms with van der Waals surface area (Å²) in [4.78, 5) is 12.9. The van der Waals surface area contributed by atoms with Crippen LogP contribution in [0.5, 0.6) is 0 Å². The van der Waals surface area contributed by atoms with Crippen LogP contribution in [0.4, 0.5) is 17.1 Å². The number of nitrogens with zero attached hydrogens (tertiary/aromatic N) is 3. The van der Waals surface area contributed by atoms with Crippen LogP contribution < -0.4 is 4.90 Å². The first-order valence-corrected chi connectivity index (χ1v) is 19.6. The highest BCUT2D eigenvalue weighted by atomic mass is 32.1. The highest BCUT2D eigenvalue weighted by Crippen LogP contribution is 2.47. The number of thiophene rings is 1. The molecule has 0 bridgehead atoms. The van der Waals surface area contributed by atoms with Crippen LogP contribution in [-0.4, -0.2) is 9.97 Å². The molecule has 0 radical (unpaired) electrons. The van der Waals surface area contributed by atoms with E-state index in [9.17, 15) is 0 Å². The smallest absolute Gasteiger partial charge is 0.160 e. The predicted octanol–water partition coefficient (Wildman–Crippen LogP) is 14.6. The molecule has 0 saturated carbocycles. The molecule has 0 aliphatic carbocycles. The molecule has 4 heteroatoms. The molecule has 264 valence electrons. The molecule has 10 aromatic rings. The summed E-state index contributed by atoms with van der Waals surface area (Å²) in [5.74, 6) is 0.685.